The molecule has 0 atom stereocenters. The summed E-state index contributed by atoms with van der Waals surface area (Å²) in [5.41, 5.74) is 0.775. The molecule has 0 unspecified atom stereocenters. The fraction of sp³-hybridized carbons (Fsp3) is 0.304. The van der Waals surface area contributed by atoms with Gasteiger partial charge in [-0.3, -0.25) is 10.1 Å². The highest BCUT2D eigenvalue weighted by molar-refractivity contribution is 5.65. The van der Waals surface area contributed by atoms with E-state index in [0.717, 1.165) is 37.7 Å². The zero-order valence-electron chi connectivity index (χ0n) is 18.0. The van der Waals surface area contributed by atoms with E-state index in [2.05, 4.69) is 27.5 Å². The standard InChI is InChI=1S/C23H24F3N5O2/c1-2-3-4-5-8-16-9-6-7-10-20(16)29-21-19(23(24,25)26)15-27-22(30-21)28-17-11-13-18(14-12-17)31(32)33/h6-7,9-15H,2-5,8H2,1H3,(H2,27,28,29,30). The fourth-order valence-electron chi connectivity index (χ4n) is 3.27. The molecule has 3 aromatic rings. The van der Waals surface area contributed by atoms with Gasteiger partial charge in [0.2, 0.25) is 5.95 Å². The van der Waals surface area contributed by atoms with Crippen LogP contribution < -0.4 is 10.6 Å². The van der Waals surface area contributed by atoms with Gasteiger partial charge >= 0.3 is 6.18 Å². The van der Waals surface area contributed by atoms with Crippen LogP contribution in [0.4, 0.5) is 42.0 Å². The van der Waals surface area contributed by atoms with Crippen LogP contribution in [0.25, 0.3) is 0 Å². The van der Waals surface area contributed by atoms with Crippen LogP contribution in [0.1, 0.15) is 43.7 Å². The summed E-state index contributed by atoms with van der Waals surface area (Å²) in [6, 6.07) is 12.6. The number of benzene rings is 2. The summed E-state index contributed by atoms with van der Waals surface area (Å²) in [5, 5.41) is 16.4. The number of anilines is 4. The lowest BCUT2D eigenvalue weighted by Gasteiger charge is -2.17. The molecule has 0 saturated carbocycles. The molecule has 0 amide bonds. The Kier molecular flexibility index (Phi) is 7.81. The van der Waals surface area contributed by atoms with E-state index in [-0.39, 0.29) is 17.5 Å². The summed E-state index contributed by atoms with van der Waals surface area (Å²) in [5.74, 6) is -0.442. The molecular formula is C23H24F3N5O2. The summed E-state index contributed by atoms with van der Waals surface area (Å²) in [7, 11) is 0. The summed E-state index contributed by atoms with van der Waals surface area (Å²) in [4.78, 5) is 18.1. The highest BCUT2D eigenvalue weighted by Gasteiger charge is 2.35. The van der Waals surface area contributed by atoms with Gasteiger partial charge in [-0.05, 0) is 36.6 Å². The molecule has 2 N–H and O–H groups in total. The van der Waals surface area contributed by atoms with Crippen LogP contribution in [0.5, 0.6) is 0 Å². The molecule has 0 aliphatic rings. The van der Waals surface area contributed by atoms with E-state index in [1.54, 1.807) is 12.1 Å². The summed E-state index contributed by atoms with van der Waals surface area (Å²) in [6.45, 7) is 2.12. The van der Waals surface area contributed by atoms with Crippen molar-refractivity contribution in [3.63, 3.8) is 0 Å². The molecule has 0 spiro atoms. The van der Waals surface area contributed by atoms with Crippen molar-refractivity contribution in [3.05, 3.63) is 76.0 Å². The Labute approximate surface area is 189 Å². The van der Waals surface area contributed by atoms with Crippen LogP contribution >= 0.6 is 0 Å². The van der Waals surface area contributed by atoms with Gasteiger partial charge in [0.05, 0.1) is 4.92 Å². The van der Waals surface area contributed by atoms with Crippen LogP contribution in [0.15, 0.2) is 54.7 Å². The summed E-state index contributed by atoms with van der Waals surface area (Å²) in [6.07, 6.45) is 1.00. The highest BCUT2D eigenvalue weighted by Crippen LogP contribution is 2.36. The van der Waals surface area contributed by atoms with Gasteiger partial charge in [-0.1, -0.05) is 44.4 Å². The Morgan fingerprint density at radius 2 is 1.73 bits per heavy atom. The first-order valence-corrected chi connectivity index (χ1v) is 10.6. The number of rotatable bonds is 10. The molecule has 0 aliphatic heterocycles. The minimum absolute atomic E-state index is 0.0696. The third kappa shape index (κ3) is 6.64. The molecule has 1 aromatic heterocycles. The van der Waals surface area contributed by atoms with Gasteiger partial charge in [0.15, 0.2) is 0 Å². The third-order valence-corrected chi connectivity index (χ3v) is 5.00. The molecule has 0 saturated heterocycles. The molecule has 3 rings (SSSR count). The van der Waals surface area contributed by atoms with Gasteiger partial charge in [-0.25, -0.2) is 4.98 Å². The van der Waals surface area contributed by atoms with Crippen molar-refractivity contribution in [2.24, 2.45) is 0 Å². The van der Waals surface area contributed by atoms with E-state index >= 15 is 0 Å². The van der Waals surface area contributed by atoms with Crippen molar-refractivity contribution in [3.8, 4) is 0 Å². The van der Waals surface area contributed by atoms with Gasteiger partial charge in [0.25, 0.3) is 5.69 Å². The second-order valence-corrected chi connectivity index (χ2v) is 7.48. The number of non-ortho nitro benzene ring substituents is 1. The zero-order chi connectivity index (χ0) is 23.8. The van der Waals surface area contributed by atoms with Gasteiger partial charge in [-0.2, -0.15) is 18.2 Å². The first kappa shape index (κ1) is 24.0. The van der Waals surface area contributed by atoms with Gasteiger partial charge in [-0.15, -0.1) is 0 Å². The van der Waals surface area contributed by atoms with E-state index in [9.17, 15) is 23.3 Å². The van der Waals surface area contributed by atoms with Crippen molar-refractivity contribution in [2.45, 2.75) is 45.2 Å². The van der Waals surface area contributed by atoms with Crippen molar-refractivity contribution in [1.29, 1.82) is 0 Å². The molecule has 33 heavy (non-hydrogen) atoms. The molecule has 0 fully saturated rings. The Bertz CT molecular complexity index is 1090. The average molecular weight is 459 g/mol. The number of para-hydroxylation sites is 1. The Morgan fingerprint density at radius 1 is 1.00 bits per heavy atom. The van der Waals surface area contributed by atoms with Crippen LogP contribution in [-0.4, -0.2) is 14.9 Å². The maximum absolute atomic E-state index is 13.6. The number of hydrogen-bond acceptors (Lipinski definition) is 6. The van der Waals surface area contributed by atoms with Crippen LogP contribution in [0.3, 0.4) is 0 Å². The smallest absolute Gasteiger partial charge is 0.339 e. The van der Waals surface area contributed by atoms with Gasteiger partial charge in [0.1, 0.15) is 11.4 Å². The number of aromatic nitrogens is 2. The second-order valence-electron chi connectivity index (χ2n) is 7.48. The molecule has 2 aromatic carbocycles. The first-order chi connectivity index (χ1) is 15.8. The molecule has 7 nitrogen and oxygen atoms in total. The number of nitrogens with one attached hydrogen (secondary N) is 2. The van der Waals surface area contributed by atoms with Crippen molar-refractivity contribution in [2.75, 3.05) is 10.6 Å². The number of halogens is 3. The molecule has 0 aliphatic carbocycles. The maximum atomic E-state index is 13.6. The zero-order valence-corrected chi connectivity index (χ0v) is 18.0. The average Bonchev–Trinajstić information content (AvgIpc) is 2.77. The number of unbranched alkanes of at least 4 members (excludes halogenated alkanes) is 3. The summed E-state index contributed by atoms with van der Waals surface area (Å²) < 4.78 is 40.8. The van der Waals surface area contributed by atoms with E-state index in [0.29, 0.717) is 17.6 Å². The fourth-order valence-corrected chi connectivity index (χ4v) is 3.27. The van der Waals surface area contributed by atoms with E-state index in [1.165, 1.54) is 24.3 Å². The number of nitro groups is 1. The molecule has 10 heteroatoms. The van der Waals surface area contributed by atoms with E-state index < -0.39 is 16.7 Å². The minimum Gasteiger partial charge on any atom is -0.339 e. The number of aryl methyl sites for hydroxylation is 1. The Hall–Kier alpha value is -3.69. The largest absolute Gasteiger partial charge is 0.421 e. The van der Waals surface area contributed by atoms with Crippen LogP contribution in [0, 0.1) is 10.1 Å². The molecule has 174 valence electrons. The van der Waals surface area contributed by atoms with Crippen LogP contribution in [0.2, 0.25) is 0 Å². The van der Waals surface area contributed by atoms with Gasteiger partial charge < -0.3 is 10.6 Å². The van der Waals surface area contributed by atoms with Crippen molar-refractivity contribution < 1.29 is 18.1 Å². The molecule has 0 radical (unpaired) electrons. The Morgan fingerprint density at radius 3 is 2.39 bits per heavy atom. The number of nitro benzene ring substituents is 1. The number of nitrogens with zero attached hydrogens (tertiary/aromatic N) is 3. The second kappa shape index (κ2) is 10.8. The van der Waals surface area contributed by atoms with E-state index in [1.807, 2.05) is 12.1 Å². The molecular weight excluding hydrogens is 435 g/mol. The monoisotopic (exact) mass is 459 g/mol. The topological polar surface area (TPSA) is 93.0 Å². The maximum Gasteiger partial charge on any atom is 0.421 e. The highest BCUT2D eigenvalue weighted by atomic mass is 19.4. The van der Waals surface area contributed by atoms with Gasteiger partial charge in [0, 0.05) is 29.7 Å². The van der Waals surface area contributed by atoms with Crippen LogP contribution in [-0.2, 0) is 12.6 Å². The minimum atomic E-state index is -4.65. The lowest BCUT2D eigenvalue weighted by Crippen LogP contribution is -2.13. The normalized spacial score (nSPS) is 11.3. The summed E-state index contributed by atoms with van der Waals surface area (Å²) >= 11 is 0. The third-order valence-electron chi connectivity index (χ3n) is 5.00. The quantitative estimate of drug-likeness (QED) is 0.192. The lowest BCUT2D eigenvalue weighted by molar-refractivity contribution is -0.384. The molecule has 0 bridgehead atoms. The number of alkyl halides is 3. The lowest BCUT2D eigenvalue weighted by atomic mass is 10.0. The Balaban J connectivity index is 1.86. The van der Waals surface area contributed by atoms with Crippen molar-refractivity contribution in [1.82, 2.24) is 9.97 Å². The predicted octanol–water partition coefficient (Wildman–Crippen LogP) is 7.01. The first-order valence-electron chi connectivity index (χ1n) is 10.6. The van der Waals surface area contributed by atoms with Crippen molar-refractivity contribution >= 4 is 28.8 Å². The predicted molar refractivity (Wildman–Crippen MR) is 121 cm³/mol. The SMILES string of the molecule is CCCCCCc1ccccc1Nc1nc(Nc2ccc([N+](=O)[O-])cc2)ncc1C(F)(F)F. The molecule has 1 heterocycles. The number of hydrogen-bond donors (Lipinski definition) is 2. The van der Waals surface area contributed by atoms with E-state index in [4.69, 9.17) is 0 Å².